The van der Waals surface area contributed by atoms with Crippen molar-refractivity contribution in [2.45, 2.75) is 89.2 Å². The van der Waals surface area contributed by atoms with Crippen molar-refractivity contribution in [3.05, 3.63) is 47.5 Å². The summed E-state index contributed by atoms with van der Waals surface area (Å²) in [5, 5.41) is 2.93. The first-order chi connectivity index (χ1) is 21.8. The third kappa shape index (κ3) is 11.1. The number of ether oxygens (including phenoxy) is 4. The number of hydrogen-bond donors (Lipinski definition) is 2. The van der Waals surface area contributed by atoms with Crippen LogP contribution in [0.25, 0.3) is 0 Å². The van der Waals surface area contributed by atoms with Crippen molar-refractivity contribution in [1.82, 2.24) is 0 Å². The van der Waals surface area contributed by atoms with E-state index in [0.29, 0.717) is 59.6 Å². The summed E-state index contributed by atoms with van der Waals surface area (Å²) in [5.74, 6) is 3.19. The number of unbranched alkanes of at least 4 members (excludes halogenated alkanes) is 2. The lowest BCUT2D eigenvalue weighted by atomic mass is 9.81. The second kappa shape index (κ2) is 18.9. The zero-order valence-corrected chi connectivity index (χ0v) is 29.0. The van der Waals surface area contributed by atoms with Gasteiger partial charge in [-0.05, 0) is 69.1 Å². The van der Waals surface area contributed by atoms with Gasteiger partial charge in [0.2, 0.25) is 5.91 Å². The van der Waals surface area contributed by atoms with Gasteiger partial charge in [0.25, 0.3) is 0 Å². The van der Waals surface area contributed by atoms with Crippen LogP contribution >= 0.6 is 21.6 Å². The van der Waals surface area contributed by atoms with Gasteiger partial charge in [0, 0.05) is 40.3 Å². The molecule has 3 N–H and O–H groups in total. The molecule has 3 rings (SSSR count). The van der Waals surface area contributed by atoms with Gasteiger partial charge in [-0.2, -0.15) is 0 Å². The number of amides is 1. The van der Waals surface area contributed by atoms with E-state index in [1.54, 1.807) is 19.2 Å². The predicted molar refractivity (Wildman–Crippen MR) is 189 cm³/mol. The van der Waals surface area contributed by atoms with Crippen LogP contribution in [0.2, 0.25) is 0 Å². The minimum atomic E-state index is -0.0995. The summed E-state index contributed by atoms with van der Waals surface area (Å²) in [5.41, 5.74) is 9.91. The van der Waals surface area contributed by atoms with E-state index in [-0.39, 0.29) is 10.7 Å². The molecule has 0 aliphatic heterocycles. The smallest absolute Gasteiger partial charge is 0.224 e. The maximum Gasteiger partial charge on any atom is 0.224 e. The molecule has 0 saturated heterocycles. The first-order valence-corrected chi connectivity index (χ1v) is 18.3. The van der Waals surface area contributed by atoms with E-state index < -0.39 is 0 Å². The van der Waals surface area contributed by atoms with Crippen molar-refractivity contribution < 1.29 is 28.5 Å². The Balaban J connectivity index is 1.48. The Morgan fingerprint density at radius 2 is 1.64 bits per heavy atom. The maximum atomic E-state index is 12.9. The quantitative estimate of drug-likeness (QED) is 0.0422. The monoisotopic (exact) mass is 658 g/mol. The number of hydrogen-bond acceptors (Lipinski definition) is 9. The summed E-state index contributed by atoms with van der Waals surface area (Å²) >= 11 is 0. The average molecular weight is 659 g/mol. The number of nitrogen functional groups attached to an aromatic ring is 1. The van der Waals surface area contributed by atoms with Crippen LogP contribution in [-0.4, -0.2) is 50.1 Å². The largest absolute Gasteiger partial charge is 0.493 e. The number of anilines is 2. The number of aldehydes is 1. The molecule has 0 radical (unpaired) electrons. The maximum absolute atomic E-state index is 12.9. The summed E-state index contributed by atoms with van der Waals surface area (Å²) in [6, 6.07) is 7.06. The predicted octanol–water partition coefficient (Wildman–Crippen LogP) is 8.67. The molecule has 0 heterocycles. The van der Waals surface area contributed by atoms with Crippen molar-refractivity contribution in [3.8, 4) is 23.0 Å². The lowest BCUT2D eigenvalue weighted by Crippen LogP contribution is -2.33. The van der Waals surface area contributed by atoms with E-state index in [1.807, 2.05) is 33.7 Å². The van der Waals surface area contributed by atoms with Crippen molar-refractivity contribution in [1.29, 1.82) is 0 Å². The van der Waals surface area contributed by atoms with Gasteiger partial charge in [0.15, 0.2) is 29.3 Å². The van der Waals surface area contributed by atoms with Gasteiger partial charge >= 0.3 is 0 Å². The van der Waals surface area contributed by atoms with Crippen LogP contribution in [0.1, 0.15) is 94.0 Å². The molecule has 248 valence electrons. The van der Waals surface area contributed by atoms with Crippen molar-refractivity contribution in [2.24, 2.45) is 0 Å². The Morgan fingerprint density at radius 1 is 0.978 bits per heavy atom. The van der Waals surface area contributed by atoms with Crippen LogP contribution < -0.4 is 30.0 Å². The number of allylic oxidation sites excluding steroid dienone is 1. The zero-order valence-electron chi connectivity index (χ0n) is 27.3. The molecule has 10 heteroatoms. The molecule has 0 aromatic heterocycles. The zero-order chi connectivity index (χ0) is 32.7. The van der Waals surface area contributed by atoms with E-state index in [0.717, 1.165) is 81.0 Å². The number of nitrogens with two attached hydrogens (primary N) is 1. The number of nitrogens with one attached hydrogen (secondary N) is 1. The minimum absolute atomic E-state index is 0.0995. The van der Waals surface area contributed by atoms with Gasteiger partial charge in [-0.3, -0.25) is 9.59 Å². The van der Waals surface area contributed by atoms with Gasteiger partial charge in [-0.1, -0.05) is 60.4 Å². The van der Waals surface area contributed by atoms with Crippen molar-refractivity contribution in [3.63, 3.8) is 0 Å². The molecular weight excluding hydrogens is 609 g/mol. The molecule has 1 saturated carbocycles. The van der Waals surface area contributed by atoms with Gasteiger partial charge in [0.05, 0.1) is 33.1 Å². The lowest BCUT2D eigenvalue weighted by Gasteiger charge is -2.40. The molecule has 45 heavy (non-hydrogen) atoms. The lowest BCUT2D eigenvalue weighted by molar-refractivity contribution is -0.116. The average Bonchev–Trinajstić information content (AvgIpc) is 3.01. The molecule has 2 aromatic rings. The van der Waals surface area contributed by atoms with Crippen LogP contribution in [0.4, 0.5) is 11.4 Å². The highest BCUT2D eigenvalue weighted by Gasteiger charge is 2.38. The minimum Gasteiger partial charge on any atom is -0.493 e. The Morgan fingerprint density at radius 3 is 2.22 bits per heavy atom. The summed E-state index contributed by atoms with van der Waals surface area (Å²) < 4.78 is 23.3. The fourth-order valence-electron chi connectivity index (χ4n) is 5.24. The van der Waals surface area contributed by atoms with Crippen LogP contribution in [0.15, 0.2) is 36.4 Å². The van der Waals surface area contributed by atoms with E-state index in [4.69, 9.17) is 24.7 Å². The Labute approximate surface area is 276 Å². The Hall–Kier alpha value is -2.98. The molecule has 1 aliphatic rings. The number of benzene rings is 2. The Bertz CT molecular complexity index is 1280. The normalized spacial score (nSPS) is 13.4. The van der Waals surface area contributed by atoms with Crippen molar-refractivity contribution in [2.75, 3.05) is 44.2 Å². The molecule has 2 aromatic carbocycles. The second-order valence-electron chi connectivity index (χ2n) is 11.4. The third-order valence-electron chi connectivity index (χ3n) is 7.94. The van der Waals surface area contributed by atoms with Crippen LogP contribution in [0.3, 0.4) is 0 Å². The number of carbonyl (C=O) groups excluding carboxylic acids is 2. The molecular formula is C35H50N2O6S2. The topological polar surface area (TPSA) is 109 Å². The number of carbonyl (C=O) groups is 2. The summed E-state index contributed by atoms with van der Waals surface area (Å²) in [7, 11) is 6.95. The van der Waals surface area contributed by atoms with Gasteiger partial charge < -0.3 is 30.0 Å². The first-order valence-electron chi connectivity index (χ1n) is 15.9. The standard InChI is InChI=1S/C35H50N2O6S2/c1-6-12-25(3)19-26-20-30(40-4)32(22-28(26)36)42-17-9-8-10-18-43-33-23-29(27(24-38)21-31(33)41-5)37-34(39)13-16-35(14-11-15-35)45-44-7-2/h20-24H,3,6-19,36H2,1-2,4-5H3,(H,37,39). The fraction of sp³-hybridized carbons (Fsp3) is 0.543. The highest BCUT2D eigenvalue weighted by molar-refractivity contribution is 8.77. The van der Waals surface area contributed by atoms with E-state index in [2.05, 4.69) is 25.7 Å². The Kier molecular flexibility index (Phi) is 15.3. The number of rotatable bonds is 22. The molecule has 8 nitrogen and oxygen atoms in total. The molecule has 0 bridgehead atoms. The van der Waals surface area contributed by atoms with Gasteiger partial charge in [-0.15, -0.1) is 0 Å². The summed E-state index contributed by atoms with van der Waals surface area (Å²) in [6.45, 7) is 9.40. The highest BCUT2D eigenvalue weighted by atomic mass is 33.1. The molecule has 0 unspecified atom stereocenters. The fourth-order valence-corrected chi connectivity index (χ4v) is 8.10. The summed E-state index contributed by atoms with van der Waals surface area (Å²) in [4.78, 5) is 24.7. The third-order valence-corrected chi connectivity index (χ3v) is 11.4. The van der Waals surface area contributed by atoms with E-state index >= 15 is 0 Å². The second-order valence-corrected chi connectivity index (χ2v) is 14.5. The van der Waals surface area contributed by atoms with E-state index in [9.17, 15) is 9.59 Å². The molecule has 1 amide bonds. The van der Waals surface area contributed by atoms with Crippen LogP contribution in [0.5, 0.6) is 23.0 Å². The molecule has 0 atom stereocenters. The van der Waals surface area contributed by atoms with Gasteiger partial charge in [-0.25, -0.2) is 0 Å². The SMILES string of the molecule is C=C(CCC)Cc1cc(OC)c(OCCCCCOc2cc(NC(=O)CCC3(SSCC)CCC3)c(C=O)cc2OC)cc1N. The van der Waals surface area contributed by atoms with E-state index in [1.165, 1.54) is 13.5 Å². The first kappa shape index (κ1) is 36.5. The molecule has 1 fully saturated rings. The van der Waals surface area contributed by atoms with Gasteiger partial charge in [0.1, 0.15) is 0 Å². The van der Waals surface area contributed by atoms with Crippen LogP contribution in [-0.2, 0) is 11.2 Å². The molecule has 0 spiro atoms. The molecule has 1 aliphatic carbocycles. The van der Waals surface area contributed by atoms with Crippen LogP contribution in [0, 0.1) is 0 Å². The number of methoxy groups -OCH3 is 2. The summed E-state index contributed by atoms with van der Waals surface area (Å²) in [6.07, 6.45) is 10.7. The highest BCUT2D eigenvalue weighted by Crippen LogP contribution is 2.52. The van der Waals surface area contributed by atoms with Crippen molar-refractivity contribution >= 4 is 45.2 Å².